The van der Waals surface area contributed by atoms with Crippen molar-refractivity contribution in [2.75, 3.05) is 20.3 Å². The van der Waals surface area contributed by atoms with Crippen LogP contribution < -0.4 is 14.8 Å². The standard InChI is InChI=1S/C15H21NO4/c1-3-20-13-9-11(5-6-12(13)19-2)14(18)16-15(10-17)7-4-8-15/h5-6,9,17H,3-4,7-8,10H2,1-2H3,(H,16,18). The minimum Gasteiger partial charge on any atom is -0.493 e. The number of amides is 1. The highest BCUT2D eigenvalue weighted by atomic mass is 16.5. The summed E-state index contributed by atoms with van der Waals surface area (Å²) in [5.41, 5.74) is 0.0666. The fourth-order valence-corrected chi connectivity index (χ4v) is 2.33. The lowest BCUT2D eigenvalue weighted by Crippen LogP contribution is -2.56. The van der Waals surface area contributed by atoms with Gasteiger partial charge in [-0.2, -0.15) is 0 Å². The maximum absolute atomic E-state index is 12.2. The third-order valence-corrected chi connectivity index (χ3v) is 3.72. The van der Waals surface area contributed by atoms with Gasteiger partial charge in [0.2, 0.25) is 0 Å². The van der Waals surface area contributed by atoms with Crippen LogP contribution in [0.2, 0.25) is 0 Å². The number of nitrogens with one attached hydrogen (secondary N) is 1. The summed E-state index contributed by atoms with van der Waals surface area (Å²) in [6.45, 7) is 2.36. The van der Waals surface area contributed by atoms with Gasteiger partial charge in [0.1, 0.15) is 0 Å². The fraction of sp³-hybridized carbons (Fsp3) is 0.533. The number of ether oxygens (including phenoxy) is 2. The predicted octanol–water partition coefficient (Wildman–Crippen LogP) is 1.74. The lowest BCUT2D eigenvalue weighted by Gasteiger charge is -2.40. The number of carbonyl (C=O) groups excluding carboxylic acids is 1. The molecule has 0 heterocycles. The van der Waals surface area contributed by atoms with E-state index in [1.54, 1.807) is 25.3 Å². The van der Waals surface area contributed by atoms with Gasteiger partial charge in [-0.25, -0.2) is 0 Å². The van der Waals surface area contributed by atoms with E-state index in [1.165, 1.54) is 0 Å². The Kier molecular flexibility index (Phi) is 4.49. The van der Waals surface area contributed by atoms with Crippen LogP contribution in [0.5, 0.6) is 11.5 Å². The van der Waals surface area contributed by atoms with Gasteiger partial charge in [0.15, 0.2) is 11.5 Å². The van der Waals surface area contributed by atoms with Crippen molar-refractivity contribution in [2.24, 2.45) is 0 Å². The Bertz CT molecular complexity index is 477. The molecule has 1 fully saturated rings. The number of hydrogen-bond donors (Lipinski definition) is 2. The Morgan fingerprint density at radius 2 is 2.15 bits per heavy atom. The van der Waals surface area contributed by atoms with Crippen LogP contribution in [0.15, 0.2) is 18.2 Å². The Balaban J connectivity index is 2.15. The van der Waals surface area contributed by atoms with Gasteiger partial charge in [-0.05, 0) is 44.4 Å². The van der Waals surface area contributed by atoms with Crippen LogP contribution in [-0.4, -0.2) is 36.9 Å². The summed E-state index contributed by atoms with van der Waals surface area (Å²) in [4.78, 5) is 12.2. The molecule has 0 aromatic heterocycles. The Hall–Kier alpha value is -1.75. The summed E-state index contributed by atoms with van der Waals surface area (Å²) in [5, 5.41) is 12.3. The van der Waals surface area contributed by atoms with E-state index >= 15 is 0 Å². The van der Waals surface area contributed by atoms with Crippen molar-refractivity contribution in [3.05, 3.63) is 23.8 Å². The van der Waals surface area contributed by atoms with Crippen LogP contribution in [0, 0.1) is 0 Å². The molecule has 0 unspecified atom stereocenters. The van der Waals surface area contributed by atoms with Gasteiger partial charge in [-0.1, -0.05) is 0 Å². The van der Waals surface area contributed by atoms with E-state index in [0.29, 0.717) is 23.7 Å². The van der Waals surface area contributed by atoms with E-state index in [-0.39, 0.29) is 12.5 Å². The number of benzene rings is 1. The van der Waals surface area contributed by atoms with Crippen LogP contribution in [0.3, 0.4) is 0 Å². The molecular weight excluding hydrogens is 258 g/mol. The van der Waals surface area contributed by atoms with Gasteiger partial charge < -0.3 is 19.9 Å². The molecule has 110 valence electrons. The molecule has 0 aliphatic heterocycles. The van der Waals surface area contributed by atoms with Gasteiger partial charge in [0, 0.05) is 5.56 Å². The summed E-state index contributed by atoms with van der Waals surface area (Å²) in [5.74, 6) is 0.959. The molecular formula is C15H21NO4. The highest BCUT2D eigenvalue weighted by Gasteiger charge is 2.37. The Morgan fingerprint density at radius 1 is 1.40 bits per heavy atom. The zero-order valence-electron chi connectivity index (χ0n) is 11.9. The second-order valence-corrected chi connectivity index (χ2v) is 5.04. The monoisotopic (exact) mass is 279 g/mol. The SMILES string of the molecule is CCOc1cc(C(=O)NC2(CO)CCC2)ccc1OC. The second kappa shape index (κ2) is 6.13. The van der Waals surface area contributed by atoms with Crippen molar-refractivity contribution in [3.63, 3.8) is 0 Å². The van der Waals surface area contributed by atoms with Crippen molar-refractivity contribution in [3.8, 4) is 11.5 Å². The lowest BCUT2D eigenvalue weighted by molar-refractivity contribution is 0.0641. The maximum atomic E-state index is 12.2. The minimum absolute atomic E-state index is 0.0206. The molecule has 1 aliphatic carbocycles. The van der Waals surface area contributed by atoms with E-state index in [2.05, 4.69) is 5.32 Å². The van der Waals surface area contributed by atoms with Crippen LogP contribution >= 0.6 is 0 Å². The molecule has 1 amide bonds. The van der Waals surface area contributed by atoms with Crippen LogP contribution in [-0.2, 0) is 0 Å². The number of hydrogen-bond acceptors (Lipinski definition) is 4. The summed E-state index contributed by atoms with van der Waals surface area (Å²) < 4.78 is 10.7. The molecule has 0 saturated heterocycles. The smallest absolute Gasteiger partial charge is 0.251 e. The average Bonchev–Trinajstić information content (AvgIpc) is 2.43. The molecule has 1 aromatic carbocycles. The first-order valence-corrected chi connectivity index (χ1v) is 6.88. The number of carbonyl (C=O) groups is 1. The molecule has 0 radical (unpaired) electrons. The molecule has 1 saturated carbocycles. The van der Waals surface area contributed by atoms with Gasteiger partial charge >= 0.3 is 0 Å². The van der Waals surface area contributed by atoms with E-state index in [9.17, 15) is 9.90 Å². The third-order valence-electron chi connectivity index (χ3n) is 3.72. The molecule has 0 bridgehead atoms. The van der Waals surface area contributed by atoms with Gasteiger partial charge in [-0.3, -0.25) is 4.79 Å². The van der Waals surface area contributed by atoms with E-state index < -0.39 is 5.54 Å². The van der Waals surface area contributed by atoms with Gasteiger partial charge in [0.05, 0.1) is 25.9 Å². The molecule has 1 aliphatic rings. The molecule has 0 spiro atoms. The quantitative estimate of drug-likeness (QED) is 0.832. The summed E-state index contributed by atoms with van der Waals surface area (Å²) in [7, 11) is 1.56. The van der Waals surface area contributed by atoms with E-state index in [0.717, 1.165) is 19.3 Å². The zero-order chi connectivity index (χ0) is 14.6. The third kappa shape index (κ3) is 2.88. The number of aliphatic hydroxyl groups excluding tert-OH is 1. The fourth-order valence-electron chi connectivity index (χ4n) is 2.33. The molecule has 20 heavy (non-hydrogen) atoms. The largest absolute Gasteiger partial charge is 0.493 e. The maximum Gasteiger partial charge on any atom is 0.251 e. The van der Waals surface area contributed by atoms with Crippen molar-refractivity contribution in [2.45, 2.75) is 31.7 Å². The first kappa shape index (κ1) is 14.7. The Labute approximate surface area is 118 Å². The van der Waals surface area contributed by atoms with Crippen molar-refractivity contribution in [1.29, 1.82) is 0 Å². The van der Waals surface area contributed by atoms with Gasteiger partial charge in [-0.15, -0.1) is 0 Å². The van der Waals surface area contributed by atoms with Gasteiger partial charge in [0.25, 0.3) is 5.91 Å². The van der Waals surface area contributed by atoms with Crippen molar-refractivity contribution >= 4 is 5.91 Å². The molecule has 2 N–H and O–H groups in total. The topological polar surface area (TPSA) is 67.8 Å². The Morgan fingerprint density at radius 3 is 2.65 bits per heavy atom. The van der Waals surface area contributed by atoms with Crippen LogP contribution in [0.4, 0.5) is 0 Å². The number of rotatable bonds is 6. The number of methoxy groups -OCH3 is 1. The molecule has 2 rings (SSSR count). The highest BCUT2D eigenvalue weighted by molar-refractivity contribution is 5.95. The van der Waals surface area contributed by atoms with Crippen LogP contribution in [0.25, 0.3) is 0 Å². The normalized spacial score (nSPS) is 16.1. The summed E-state index contributed by atoms with van der Waals surface area (Å²) in [6, 6.07) is 5.08. The lowest BCUT2D eigenvalue weighted by atomic mass is 9.77. The second-order valence-electron chi connectivity index (χ2n) is 5.04. The van der Waals surface area contributed by atoms with Crippen molar-refractivity contribution in [1.82, 2.24) is 5.32 Å². The van der Waals surface area contributed by atoms with Crippen molar-refractivity contribution < 1.29 is 19.4 Å². The van der Waals surface area contributed by atoms with Crippen LogP contribution in [0.1, 0.15) is 36.5 Å². The minimum atomic E-state index is -0.442. The molecule has 5 heteroatoms. The predicted molar refractivity (Wildman–Crippen MR) is 75.3 cm³/mol. The molecule has 1 aromatic rings. The molecule has 0 atom stereocenters. The van der Waals surface area contributed by atoms with E-state index in [4.69, 9.17) is 9.47 Å². The average molecular weight is 279 g/mol. The summed E-state index contributed by atoms with van der Waals surface area (Å²) >= 11 is 0. The molecule has 5 nitrogen and oxygen atoms in total. The first-order chi connectivity index (χ1) is 9.64. The first-order valence-electron chi connectivity index (χ1n) is 6.88. The summed E-state index contributed by atoms with van der Waals surface area (Å²) in [6.07, 6.45) is 2.68. The highest BCUT2D eigenvalue weighted by Crippen LogP contribution is 2.32. The number of aliphatic hydroxyl groups is 1. The zero-order valence-corrected chi connectivity index (χ0v) is 11.9. The van der Waals surface area contributed by atoms with E-state index in [1.807, 2.05) is 6.92 Å².